The van der Waals surface area contributed by atoms with Crippen LogP contribution in [0.25, 0.3) is 0 Å². The van der Waals surface area contributed by atoms with Crippen molar-refractivity contribution in [2.24, 2.45) is 0 Å². The number of unbranched alkanes of at least 4 members (excludes halogenated alkanes) is 1. The van der Waals surface area contributed by atoms with Gasteiger partial charge in [-0.1, -0.05) is 25.5 Å². The maximum absolute atomic E-state index is 11.9. The second-order valence-electron chi connectivity index (χ2n) is 4.66. The molecule has 0 amide bonds. The molecule has 0 N–H and O–H groups in total. The molecule has 1 aromatic carbocycles. The standard InChI is InChI=1S/C15H19F3O2/c1-2-3-5-12-6-8-13(9-7-12)14(19)20-11-4-10-15(16,17)18/h6-9H,2-5,10-11H2,1H3. The van der Waals surface area contributed by atoms with Crippen LogP contribution in [0.3, 0.4) is 0 Å². The lowest BCUT2D eigenvalue weighted by Gasteiger charge is -2.07. The fourth-order valence-corrected chi connectivity index (χ4v) is 1.71. The van der Waals surface area contributed by atoms with E-state index in [2.05, 4.69) is 6.92 Å². The lowest BCUT2D eigenvalue weighted by molar-refractivity contribution is -0.137. The highest BCUT2D eigenvalue weighted by molar-refractivity contribution is 5.89. The van der Waals surface area contributed by atoms with Crippen molar-refractivity contribution in [2.45, 2.75) is 45.2 Å². The van der Waals surface area contributed by atoms with E-state index in [4.69, 9.17) is 4.74 Å². The van der Waals surface area contributed by atoms with Crippen molar-refractivity contribution in [3.8, 4) is 0 Å². The molecule has 20 heavy (non-hydrogen) atoms. The largest absolute Gasteiger partial charge is 0.462 e. The molecule has 0 heterocycles. The summed E-state index contributed by atoms with van der Waals surface area (Å²) in [6.07, 6.45) is -2.20. The summed E-state index contributed by atoms with van der Waals surface area (Å²) in [6, 6.07) is 7.00. The molecule has 2 nitrogen and oxygen atoms in total. The summed E-state index contributed by atoms with van der Waals surface area (Å²) in [5.74, 6) is -0.575. The number of alkyl halides is 3. The first-order valence-electron chi connectivity index (χ1n) is 6.75. The molecule has 0 aliphatic heterocycles. The fourth-order valence-electron chi connectivity index (χ4n) is 1.71. The summed E-state index contributed by atoms with van der Waals surface area (Å²) in [4.78, 5) is 11.6. The first kappa shape index (κ1) is 16.5. The van der Waals surface area contributed by atoms with Crippen LogP contribution in [-0.2, 0) is 11.2 Å². The third-order valence-electron chi connectivity index (χ3n) is 2.85. The second-order valence-corrected chi connectivity index (χ2v) is 4.66. The van der Waals surface area contributed by atoms with Gasteiger partial charge in [-0.15, -0.1) is 0 Å². The zero-order valence-electron chi connectivity index (χ0n) is 11.5. The van der Waals surface area contributed by atoms with Gasteiger partial charge in [0.1, 0.15) is 0 Å². The number of hydrogen-bond acceptors (Lipinski definition) is 2. The third kappa shape index (κ3) is 6.59. The van der Waals surface area contributed by atoms with E-state index in [1.165, 1.54) is 0 Å². The number of hydrogen-bond donors (Lipinski definition) is 0. The quantitative estimate of drug-likeness (QED) is 0.544. The molecule has 0 bridgehead atoms. The van der Waals surface area contributed by atoms with Crippen molar-refractivity contribution < 1.29 is 22.7 Å². The Morgan fingerprint density at radius 1 is 1.15 bits per heavy atom. The van der Waals surface area contributed by atoms with E-state index in [-0.39, 0.29) is 13.0 Å². The van der Waals surface area contributed by atoms with Crippen LogP contribution >= 0.6 is 0 Å². The van der Waals surface area contributed by atoms with Crippen LogP contribution in [0.1, 0.15) is 48.5 Å². The normalized spacial score (nSPS) is 11.4. The summed E-state index contributed by atoms with van der Waals surface area (Å²) >= 11 is 0. The van der Waals surface area contributed by atoms with Crippen LogP contribution in [0, 0.1) is 0 Å². The van der Waals surface area contributed by atoms with Gasteiger partial charge in [0.2, 0.25) is 0 Å². The molecule has 0 radical (unpaired) electrons. The Morgan fingerprint density at radius 2 is 1.80 bits per heavy atom. The lowest BCUT2D eigenvalue weighted by Crippen LogP contribution is -2.11. The molecule has 112 valence electrons. The van der Waals surface area contributed by atoms with Gasteiger partial charge in [-0.3, -0.25) is 0 Å². The fraction of sp³-hybridized carbons (Fsp3) is 0.533. The molecular weight excluding hydrogens is 269 g/mol. The van der Waals surface area contributed by atoms with E-state index >= 15 is 0 Å². The minimum atomic E-state index is -4.20. The number of halogens is 3. The summed E-state index contributed by atoms with van der Waals surface area (Å²) in [5, 5.41) is 0. The van der Waals surface area contributed by atoms with Crippen molar-refractivity contribution in [1.29, 1.82) is 0 Å². The second kappa shape index (κ2) is 7.92. The van der Waals surface area contributed by atoms with Crippen LogP contribution in [0.5, 0.6) is 0 Å². The van der Waals surface area contributed by atoms with Crippen LogP contribution < -0.4 is 0 Å². The van der Waals surface area contributed by atoms with E-state index in [0.29, 0.717) is 5.56 Å². The van der Waals surface area contributed by atoms with Crippen molar-refractivity contribution in [3.63, 3.8) is 0 Å². The number of aryl methyl sites for hydroxylation is 1. The minimum Gasteiger partial charge on any atom is -0.462 e. The molecule has 1 aromatic rings. The molecule has 0 fully saturated rings. The molecule has 0 unspecified atom stereocenters. The van der Waals surface area contributed by atoms with E-state index < -0.39 is 18.6 Å². The Morgan fingerprint density at radius 3 is 2.35 bits per heavy atom. The molecule has 0 saturated carbocycles. The SMILES string of the molecule is CCCCc1ccc(C(=O)OCCCC(F)(F)F)cc1. The van der Waals surface area contributed by atoms with Crippen molar-refractivity contribution in [1.82, 2.24) is 0 Å². The summed E-state index contributed by atoms with van der Waals surface area (Å²) in [6.45, 7) is 1.89. The molecule has 0 spiro atoms. The van der Waals surface area contributed by atoms with Crippen molar-refractivity contribution >= 4 is 5.97 Å². The zero-order valence-corrected chi connectivity index (χ0v) is 11.5. The Labute approximate surface area is 116 Å². The number of esters is 1. The van der Waals surface area contributed by atoms with E-state index in [1.807, 2.05) is 12.1 Å². The highest BCUT2D eigenvalue weighted by atomic mass is 19.4. The van der Waals surface area contributed by atoms with Gasteiger partial charge in [-0.25, -0.2) is 4.79 Å². The van der Waals surface area contributed by atoms with Gasteiger partial charge in [0, 0.05) is 6.42 Å². The maximum Gasteiger partial charge on any atom is 0.389 e. The van der Waals surface area contributed by atoms with Gasteiger partial charge in [0.15, 0.2) is 0 Å². The smallest absolute Gasteiger partial charge is 0.389 e. The number of carbonyl (C=O) groups is 1. The van der Waals surface area contributed by atoms with E-state index in [0.717, 1.165) is 24.8 Å². The summed E-state index contributed by atoms with van der Waals surface area (Å²) < 4.78 is 40.5. The topological polar surface area (TPSA) is 26.3 Å². The number of rotatable bonds is 7. The zero-order chi connectivity index (χ0) is 15.0. The van der Waals surface area contributed by atoms with Crippen LogP contribution in [0.2, 0.25) is 0 Å². The molecule has 5 heteroatoms. The monoisotopic (exact) mass is 288 g/mol. The highest BCUT2D eigenvalue weighted by Gasteiger charge is 2.26. The van der Waals surface area contributed by atoms with Crippen LogP contribution in [0.4, 0.5) is 13.2 Å². The first-order valence-corrected chi connectivity index (χ1v) is 6.75. The molecule has 0 atom stereocenters. The number of ether oxygens (including phenoxy) is 1. The van der Waals surface area contributed by atoms with Gasteiger partial charge >= 0.3 is 12.1 Å². The Kier molecular flexibility index (Phi) is 6.55. The Hall–Kier alpha value is -1.52. The molecule has 0 aliphatic carbocycles. The molecular formula is C15H19F3O2. The average molecular weight is 288 g/mol. The van der Waals surface area contributed by atoms with Gasteiger partial charge in [0.25, 0.3) is 0 Å². The van der Waals surface area contributed by atoms with E-state index in [9.17, 15) is 18.0 Å². The molecule has 0 aliphatic rings. The molecule has 1 rings (SSSR count). The minimum absolute atomic E-state index is 0.205. The highest BCUT2D eigenvalue weighted by Crippen LogP contribution is 2.21. The van der Waals surface area contributed by atoms with Crippen LogP contribution in [0.15, 0.2) is 24.3 Å². The van der Waals surface area contributed by atoms with Crippen molar-refractivity contribution in [2.75, 3.05) is 6.61 Å². The maximum atomic E-state index is 11.9. The average Bonchev–Trinajstić information content (AvgIpc) is 2.40. The predicted octanol–water partition coefficient (Wildman–Crippen LogP) is 4.53. The van der Waals surface area contributed by atoms with Gasteiger partial charge < -0.3 is 4.74 Å². The van der Waals surface area contributed by atoms with Gasteiger partial charge in [0.05, 0.1) is 12.2 Å². The summed E-state index contributed by atoms with van der Waals surface area (Å²) in [7, 11) is 0. The lowest BCUT2D eigenvalue weighted by atomic mass is 10.1. The predicted molar refractivity (Wildman–Crippen MR) is 70.6 cm³/mol. The Bertz CT molecular complexity index is 410. The van der Waals surface area contributed by atoms with Crippen molar-refractivity contribution in [3.05, 3.63) is 35.4 Å². The number of benzene rings is 1. The third-order valence-corrected chi connectivity index (χ3v) is 2.85. The molecule has 0 saturated heterocycles. The first-order chi connectivity index (χ1) is 9.42. The number of carbonyl (C=O) groups excluding carboxylic acids is 1. The van der Waals surface area contributed by atoms with Crippen LogP contribution in [-0.4, -0.2) is 18.8 Å². The Balaban J connectivity index is 2.36. The summed E-state index contributed by atoms with van der Waals surface area (Å²) in [5.41, 5.74) is 1.51. The molecule has 0 aromatic heterocycles. The van der Waals surface area contributed by atoms with Gasteiger partial charge in [-0.05, 0) is 37.0 Å². The van der Waals surface area contributed by atoms with Gasteiger partial charge in [-0.2, -0.15) is 13.2 Å². The van der Waals surface area contributed by atoms with E-state index in [1.54, 1.807) is 12.1 Å².